The standard InChI is InChI=1S/C16H11Br/c17-16-9-8-13-6-7-14(10-15(13)11-16)12-4-2-1-3-5-12/h1-11H/i1D,2D,3D,4D,5D,6D,7D,8D,9D,10D,11D. The second-order valence-corrected chi connectivity index (χ2v) is 3.98. The molecule has 1 heteroatoms. The van der Waals surface area contributed by atoms with Crippen LogP contribution in [0.15, 0.2) is 70.9 Å². The first-order valence-electron chi connectivity index (χ1n) is 10.2. The van der Waals surface area contributed by atoms with Crippen LogP contribution in [-0.4, -0.2) is 0 Å². The zero-order valence-corrected chi connectivity index (χ0v) is 9.96. The molecule has 0 heterocycles. The van der Waals surface area contributed by atoms with E-state index in [1.807, 2.05) is 0 Å². The second-order valence-electron chi connectivity index (χ2n) is 3.19. The zero-order chi connectivity index (χ0) is 21.2. The number of benzene rings is 3. The third-order valence-electron chi connectivity index (χ3n) is 2.09. The fraction of sp³-hybridized carbons (Fsp3) is 0. The molecule has 17 heavy (non-hydrogen) atoms. The largest absolute Gasteiger partial charge is 0.0641 e. The van der Waals surface area contributed by atoms with Crippen molar-refractivity contribution in [1.82, 2.24) is 0 Å². The van der Waals surface area contributed by atoms with Crippen LogP contribution in [0, 0.1) is 0 Å². The Morgan fingerprint density at radius 3 is 2.29 bits per heavy atom. The molecular weight excluding hydrogens is 272 g/mol. The molecule has 0 radical (unpaired) electrons. The molecule has 0 bridgehead atoms. The summed E-state index contributed by atoms with van der Waals surface area (Å²) >= 11 is 3.03. The maximum atomic E-state index is 8.48. The van der Waals surface area contributed by atoms with Gasteiger partial charge in [-0.3, -0.25) is 0 Å². The lowest BCUT2D eigenvalue weighted by Crippen LogP contribution is -1.78. The van der Waals surface area contributed by atoms with E-state index in [1.165, 1.54) is 0 Å². The van der Waals surface area contributed by atoms with E-state index < -0.39 is 59.9 Å². The second kappa shape index (κ2) is 4.34. The van der Waals surface area contributed by atoms with Crippen LogP contribution >= 0.6 is 15.9 Å². The predicted molar refractivity (Wildman–Crippen MR) is 77.1 cm³/mol. The fourth-order valence-corrected chi connectivity index (χ4v) is 1.65. The molecule has 0 aliphatic carbocycles. The molecule has 0 aliphatic rings. The molecule has 3 rings (SSSR count). The summed E-state index contributed by atoms with van der Waals surface area (Å²) in [6, 6.07) is -5.96. The first-order valence-corrected chi connectivity index (χ1v) is 5.48. The minimum Gasteiger partial charge on any atom is -0.0622 e. The average molecular weight is 294 g/mol. The first kappa shape index (κ1) is 3.96. The van der Waals surface area contributed by atoms with Crippen LogP contribution in [0.2, 0.25) is 0 Å². The molecule has 0 saturated carbocycles. The van der Waals surface area contributed by atoms with E-state index in [0.29, 0.717) is 0 Å². The summed E-state index contributed by atoms with van der Waals surface area (Å²) in [4.78, 5) is 0. The van der Waals surface area contributed by atoms with Crippen LogP contribution in [0.1, 0.15) is 15.1 Å². The summed E-state index contributed by atoms with van der Waals surface area (Å²) in [5.74, 6) is 0. The number of halogens is 1. The Morgan fingerprint density at radius 2 is 1.47 bits per heavy atom. The summed E-state index contributed by atoms with van der Waals surface area (Å²) in [7, 11) is 0. The maximum Gasteiger partial charge on any atom is 0.0641 e. The van der Waals surface area contributed by atoms with E-state index in [2.05, 4.69) is 15.9 Å². The van der Waals surface area contributed by atoms with E-state index in [9.17, 15) is 0 Å². The normalized spacial score (nSPS) is 19.7. The van der Waals surface area contributed by atoms with Gasteiger partial charge in [0.15, 0.2) is 0 Å². The van der Waals surface area contributed by atoms with Gasteiger partial charge in [0.25, 0.3) is 0 Å². The number of rotatable bonds is 1. The average Bonchev–Trinajstić information content (AvgIpc) is 2.66. The van der Waals surface area contributed by atoms with E-state index >= 15 is 0 Å². The van der Waals surface area contributed by atoms with Crippen molar-refractivity contribution in [2.45, 2.75) is 0 Å². The summed E-state index contributed by atoms with van der Waals surface area (Å²) in [6.45, 7) is 0. The molecule has 0 amide bonds. The van der Waals surface area contributed by atoms with E-state index in [1.54, 1.807) is 0 Å². The lowest BCUT2D eigenvalue weighted by Gasteiger charge is -2.04. The van der Waals surface area contributed by atoms with E-state index in [-0.39, 0.29) is 32.9 Å². The molecule has 0 unspecified atom stereocenters. The SMILES string of the molecule is [2H]c1c([2H])c([2H])c(-c2c([2H])c([2H])c3c([2H])c([2H])c(Br)c([2H])c3c2[2H])c([2H])c1[2H]. The van der Waals surface area contributed by atoms with Crippen LogP contribution in [-0.2, 0) is 0 Å². The summed E-state index contributed by atoms with van der Waals surface area (Å²) in [5.41, 5.74) is -0.791. The van der Waals surface area contributed by atoms with Crippen LogP contribution < -0.4 is 0 Å². The minimum atomic E-state index is -0.642. The lowest BCUT2D eigenvalue weighted by molar-refractivity contribution is 1.64. The van der Waals surface area contributed by atoms with Crippen molar-refractivity contribution in [1.29, 1.82) is 0 Å². The van der Waals surface area contributed by atoms with Gasteiger partial charge in [0, 0.05) is 4.47 Å². The number of hydrogen-bond donors (Lipinski definition) is 0. The van der Waals surface area contributed by atoms with Crippen molar-refractivity contribution in [3.63, 3.8) is 0 Å². The molecule has 0 aromatic heterocycles. The van der Waals surface area contributed by atoms with Crippen molar-refractivity contribution in [3.8, 4) is 11.1 Å². The molecule has 3 aromatic rings. The monoisotopic (exact) mass is 293 g/mol. The summed E-state index contributed by atoms with van der Waals surface area (Å²) in [6.07, 6.45) is 0. The summed E-state index contributed by atoms with van der Waals surface area (Å²) in [5, 5.41) is -0.431. The Bertz CT molecular complexity index is 1160. The Kier molecular flexibility index (Phi) is 1.01. The van der Waals surface area contributed by atoms with E-state index in [0.717, 1.165) is 0 Å². The topological polar surface area (TPSA) is 0 Å². The number of fused-ring (bicyclic) bond motifs is 1. The first-order chi connectivity index (χ1) is 12.9. The highest BCUT2D eigenvalue weighted by Gasteiger charge is 1.99. The van der Waals surface area contributed by atoms with Crippen molar-refractivity contribution in [2.24, 2.45) is 0 Å². The zero-order valence-electron chi connectivity index (χ0n) is 19.4. The molecule has 3 aromatic carbocycles. The van der Waals surface area contributed by atoms with Gasteiger partial charge in [0.2, 0.25) is 0 Å². The highest BCUT2D eigenvalue weighted by atomic mass is 79.9. The smallest absolute Gasteiger partial charge is 0.0622 e. The Morgan fingerprint density at radius 1 is 0.706 bits per heavy atom. The molecule has 0 nitrogen and oxygen atoms in total. The molecular formula is C16H11Br. The van der Waals surface area contributed by atoms with Crippen molar-refractivity contribution >= 4 is 26.7 Å². The third kappa shape index (κ3) is 2.11. The van der Waals surface area contributed by atoms with Gasteiger partial charge in [0.05, 0.1) is 15.1 Å². The van der Waals surface area contributed by atoms with E-state index in [4.69, 9.17) is 15.1 Å². The Balaban J connectivity index is 2.64. The van der Waals surface area contributed by atoms with Gasteiger partial charge < -0.3 is 0 Å². The van der Waals surface area contributed by atoms with Gasteiger partial charge in [0.1, 0.15) is 0 Å². The van der Waals surface area contributed by atoms with Crippen LogP contribution in [0.5, 0.6) is 0 Å². The lowest BCUT2D eigenvalue weighted by atomic mass is 10.0. The van der Waals surface area contributed by atoms with Gasteiger partial charge in [-0.05, 0) is 40.0 Å². The molecule has 0 aliphatic heterocycles. The quantitative estimate of drug-likeness (QED) is 0.573. The minimum absolute atomic E-state index is 0.0670. The van der Waals surface area contributed by atoms with Crippen LogP contribution in [0.4, 0.5) is 0 Å². The molecule has 0 saturated heterocycles. The highest BCUT2D eigenvalue weighted by molar-refractivity contribution is 9.10. The highest BCUT2D eigenvalue weighted by Crippen LogP contribution is 2.26. The van der Waals surface area contributed by atoms with Gasteiger partial charge in [-0.1, -0.05) is 64.3 Å². The Hall–Kier alpha value is -1.60. The van der Waals surface area contributed by atoms with Crippen molar-refractivity contribution < 1.29 is 15.1 Å². The molecule has 0 atom stereocenters. The van der Waals surface area contributed by atoms with Crippen LogP contribution in [0.25, 0.3) is 21.9 Å². The maximum absolute atomic E-state index is 8.48. The third-order valence-corrected chi connectivity index (χ3v) is 2.49. The van der Waals surface area contributed by atoms with Crippen molar-refractivity contribution in [3.05, 3.63) is 70.9 Å². The Labute approximate surface area is 124 Å². The fourth-order valence-electron chi connectivity index (χ4n) is 1.35. The van der Waals surface area contributed by atoms with Gasteiger partial charge in [-0.2, -0.15) is 0 Å². The summed E-state index contributed by atoms with van der Waals surface area (Å²) < 4.78 is 88.6. The molecule has 0 spiro atoms. The predicted octanol–water partition coefficient (Wildman–Crippen LogP) is 5.27. The van der Waals surface area contributed by atoms with Gasteiger partial charge in [-0.15, -0.1) is 0 Å². The molecule has 82 valence electrons. The van der Waals surface area contributed by atoms with Gasteiger partial charge in [-0.25, -0.2) is 0 Å². The molecule has 0 fully saturated rings. The number of hydrogen-bond acceptors (Lipinski definition) is 0. The van der Waals surface area contributed by atoms with Crippen molar-refractivity contribution in [2.75, 3.05) is 0 Å². The van der Waals surface area contributed by atoms with Gasteiger partial charge >= 0.3 is 0 Å². The van der Waals surface area contributed by atoms with Crippen LogP contribution in [0.3, 0.4) is 0 Å². The molecule has 0 N–H and O–H groups in total.